The van der Waals surface area contributed by atoms with E-state index in [9.17, 15) is 4.79 Å². The number of hydrogen-bond acceptors (Lipinski definition) is 5. The van der Waals surface area contributed by atoms with Crippen molar-refractivity contribution in [3.05, 3.63) is 77.5 Å². The summed E-state index contributed by atoms with van der Waals surface area (Å²) in [5.74, 6) is 1.95. The summed E-state index contributed by atoms with van der Waals surface area (Å²) in [7, 11) is 0. The summed E-state index contributed by atoms with van der Waals surface area (Å²) in [6.07, 6.45) is 6.85. The van der Waals surface area contributed by atoms with Gasteiger partial charge in [0, 0.05) is 24.2 Å². The van der Waals surface area contributed by atoms with Crippen LogP contribution in [0, 0.1) is 0 Å². The highest BCUT2D eigenvalue weighted by molar-refractivity contribution is 6.06. The number of nitrogens with one attached hydrogen (secondary N) is 1. The number of ether oxygens (including phenoxy) is 1. The molecule has 0 spiro atoms. The van der Waals surface area contributed by atoms with Gasteiger partial charge in [-0.15, -0.1) is 0 Å². The number of aromatic nitrogens is 2. The lowest BCUT2D eigenvalue weighted by Crippen LogP contribution is -2.39. The number of amides is 1. The highest BCUT2D eigenvalue weighted by Crippen LogP contribution is 2.32. The molecular weight excluding hydrogens is 400 g/mol. The molecule has 0 radical (unpaired) electrons. The number of benzene rings is 2. The summed E-state index contributed by atoms with van der Waals surface area (Å²) in [6, 6.07) is 18.0. The fourth-order valence-corrected chi connectivity index (χ4v) is 4.63. The van der Waals surface area contributed by atoms with Crippen molar-refractivity contribution in [2.75, 3.05) is 16.8 Å². The lowest BCUT2D eigenvalue weighted by Gasteiger charge is -2.28. The molecule has 1 fully saturated rings. The summed E-state index contributed by atoms with van der Waals surface area (Å²) >= 11 is 0. The Morgan fingerprint density at radius 3 is 2.75 bits per heavy atom. The van der Waals surface area contributed by atoms with Gasteiger partial charge in [0.25, 0.3) is 5.91 Å². The quantitative estimate of drug-likeness (QED) is 0.586. The van der Waals surface area contributed by atoms with Crippen molar-refractivity contribution in [2.45, 2.75) is 51.1 Å². The van der Waals surface area contributed by atoms with Crippen LogP contribution in [0.4, 0.5) is 11.8 Å². The lowest BCUT2D eigenvalue weighted by atomic mass is 10.1. The van der Waals surface area contributed by atoms with Crippen molar-refractivity contribution in [2.24, 2.45) is 0 Å². The van der Waals surface area contributed by atoms with Crippen molar-refractivity contribution in [1.82, 2.24) is 9.97 Å². The van der Waals surface area contributed by atoms with E-state index in [4.69, 9.17) is 9.72 Å². The summed E-state index contributed by atoms with van der Waals surface area (Å²) in [5.41, 5.74) is 2.96. The average molecular weight is 429 g/mol. The summed E-state index contributed by atoms with van der Waals surface area (Å²) < 4.78 is 5.70. The van der Waals surface area contributed by atoms with Gasteiger partial charge in [-0.2, -0.15) is 4.98 Å². The van der Waals surface area contributed by atoms with Gasteiger partial charge in [0.05, 0.1) is 12.6 Å². The first-order valence-electron chi connectivity index (χ1n) is 11.4. The van der Waals surface area contributed by atoms with Crippen LogP contribution in [0.2, 0.25) is 0 Å². The summed E-state index contributed by atoms with van der Waals surface area (Å²) in [5, 5.41) is 3.38. The molecule has 2 heterocycles. The number of carbonyl (C=O) groups is 1. The second-order valence-electron chi connectivity index (χ2n) is 8.55. The molecule has 2 aromatic carbocycles. The Morgan fingerprint density at radius 1 is 1.12 bits per heavy atom. The third-order valence-corrected chi connectivity index (χ3v) is 6.38. The van der Waals surface area contributed by atoms with Crippen LogP contribution >= 0.6 is 0 Å². The Kier molecular flexibility index (Phi) is 5.75. The summed E-state index contributed by atoms with van der Waals surface area (Å²) in [6.45, 7) is 2.76. The molecular formula is C26H28N4O2. The van der Waals surface area contributed by atoms with Gasteiger partial charge in [0.2, 0.25) is 5.95 Å². The van der Waals surface area contributed by atoms with E-state index in [0.29, 0.717) is 23.9 Å². The van der Waals surface area contributed by atoms with E-state index in [-0.39, 0.29) is 18.0 Å². The van der Waals surface area contributed by atoms with Crippen molar-refractivity contribution in [3.8, 4) is 5.75 Å². The Balaban J connectivity index is 1.43. The Morgan fingerprint density at radius 2 is 1.94 bits per heavy atom. The number of anilines is 2. The molecule has 6 nitrogen and oxygen atoms in total. The van der Waals surface area contributed by atoms with Crippen LogP contribution < -0.4 is 15.0 Å². The van der Waals surface area contributed by atoms with Crippen molar-refractivity contribution >= 4 is 17.7 Å². The molecule has 1 aliphatic carbocycles. The molecule has 0 saturated heterocycles. The maximum Gasteiger partial charge on any atom is 0.259 e. The molecule has 5 rings (SSSR count). The van der Waals surface area contributed by atoms with E-state index < -0.39 is 0 Å². The number of nitrogens with zero attached hydrogens (tertiary/aromatic N) is 3. The van der Waals surface area contributed by atoms with Crippen LogP contribution in [-0.2, 0) is 6.42 Å². The first kappa shape index (κ1) is 20.5. The third kappa shape index (κ3) is 4.17. The van der Waals surface area contributed by atoms with Crippen LogP contribution in [0.3, 0.4) is 0 Å². The molecule has 32 heavy (non-hydrogen) atoms. The molecule has 164 valence electrons. The molecule has 2 aliphatic rings. The second-order valence-corrected chi connectivity index (χ2v) is 8.55. The van der Waals surface area contributed by atoms with Gasteiger partial charge in [-0.3, -0.25) is 9.69 Å². The van der Waals surface area contributed by atoms with Crippen LogP contribution in [0.5, 0.6) is 5.75 Å². The zero-order valence-corrected chi connectivity index (χ0v) is 18.3. The predicted octanol–water partition coefficient (Wildman–Crippen LogP) is 5.17. The first-order chi connectivity index (χ1) is 15.7. The normalized spacial score (nSPS) is 16.3. The smallest absolute Gasteiger partial charge is 0.259 e. The molecule has 1 saturated carbocycles. The van der Waals surface area contributed by atoms with Crippen LogP contribution in [0.1, 0.15) is 60.1 Å². The minimum Gasteiger partial charge on any atom is -0.493 e. The topological polar surface area (TPSA) is 67.4 Å². The predicted molar refractivity (Wildman–Crippen MR) is 125 cm³/mol. The average Bonchev–Trinajstić information content (AvgIpc) is 3.52. The molecule has 1 amide bonds. The van der Waals surface area contributed by atoms with Crippen LogP contribution in [0.25, 0.3) is 0 Å². The van der Waals surface area contributed by atoms with Gasteiger partial charge in [-0.25, -0.2) is 4.98 Å². The Hall–Kier alpha value is -3.41. The molecule has 1 aromatic heterocycles. The summed E-state index contributed by atoms with van der Waals surface area (Å²) in [4.78, 5) is 24.7. The molecule has 1 aliphatic heterocycles. The minimum atomic E-state index is -0.0315. The molecule has 3 aromatic rings. The van der Waals surface area contributed by atoms with Gasteiger partial charge in [-0.1, -0.05) is 49.2 Å². The fraction of sp³-hybridized carbons (Fsp3) is 0.346. The zero-order valence-electron chi connectivity index (χ0n) is 18.3. The number of carbonyl (C=O) groups excluding carboxylic acids is 1. The third-order valence-electron chi connectivity index (χ3n) is 6.38. The van der Waals surface area contributed by atoms with E-state index in [2.05, 4.69) is 29.4 Å². The maximum absolute atomic E-state index is 13.7. The fourth-order valence-electron chi connectivity index (χ4n) is 4.63. The van der Waals surface area contributed by atoms with Crippen molar-refractivity contribution in [3.63, 3.8) is 0 Å². The van der Waals surface area contributed by atoms with Gasteiger partial charge in [0.15, 0.2) is 0 Å². The molecule has 1 atom stereocenters. The van der Waals surface area contributed by atoms with E-state index in [1.807, 2.05) is 47.4 Å². The van der Waals surface area contributed by atoms with Gasteiger partial charge >= 0.3 is 0 Å². The molecule has 0 bridgehead atoms. The van der Waals surface area contributed by atoms with Crippen LogP contribution in [0.15, 0.2) is 60.8 Å². The van der Waals surface area contributed by atoms with E-state index >= 15 is 0 Å². The molecule has 1 N–H and O–H groups in total. The Labute approximate surface area is 188 Å². The molecule has 0 unspecified atom stereocenters. The Bertz CT molecular complexity index is 1100. The molecule has 6 heteroatoms. The highest BCUT2D eigenvalue weighted by atomic mass is 16.5. The van der Waals surface area contributed by atoms with Gasteiger partial charge in [-0.05, 0) is 49.1 Å². The largest absolute Gasteiger partial charge is 0.493 e. The van der Waals surface area contributed by atoms with E-state index in [1.165, 1.54) is 0 Å². The van der Waals surface area contributed by atoms with E-state index in [0.717, 1.165) is 49.0 Å². The van der Waals surface area contributed by atoms with Gasteiger partial charge < -0.3 is 10.1 Å². The highest BCUT2D eigenvalue weighted by Gasteiger charge is 2.31. The lowest BCUT2D eigenvalue weighted by molar-refractivity contribution is 0.0975. The number of hydrogen-bond donors (Lipinski definition) is 1. The first-order valence-corrected chi connectivity index (χ1v) is 11.4. The maximum atomic E-state index is 13.7. The minimum absolute atomic E-state index is 0.0315. The van der Waals surface area contributed by atoms with Crippen molar-refractivity contribution < 1.29 is 9.53 Å². The second kappa shape index (κ2) is 8.99. The zero-order chi connectivity index (χ0) is 21.9. The number of fused-ring (bicyclic) bond motifs is 1. The monoisotopic (exact) mass is 428 g/mol. The van der Waals surface area contributed by atoms with Gasteiger partial charge in [0.1, 0.15) is 11.6 Å². The van der Waals surface area contributed by atoms with Crippen molar-refractivity contribution in [1.29, 1.82) is 0 Å². The SMILES string of the molecule is C[C@@H](Nc1nccc(N(C(=O)c2ccc3c(c2)OCC3)C2CCCC2)n1)c1ccccc1. The van der Waals surface area contributed by atoms with E-state index in [1.54, 1.807) is 6.20 Å². The van der Waals surface area contributed by atoms with Crippen LogP contribution in [-0.4, -0.2) is 28.5 Å². The number of rotatable bonds is 6. The standard InChI is InChI=1S/C26H28N4O2/c1-18(19-7-3-2-4-8-19)28-26-27-15-13-24(29-26)30(22-9-5-6-10-22)25(31)21-12-11-20-14-16-32-23(20)17-21/h2-4,7-8,11-13,15,17-18,22H,5-6,9-10,14,16H2,1H3,(H,27,28,29)/t18-/m1/s1.